The van der Waals surface area contributed by atoms with Crippen molar-refractivity contribution in [3.8, 4) is 0 Å². The normalized spacial score (nSPS) is 30.9. The molecule has 4 saturated carbocycles. The predicted molar refractivity (Wildman–Crippen MR) is 98.3 cm³/mol. The van der Waals surface area contributed by atoms with E-state index in [0.29, 0.717) is 17.8 Å². The van der Waals surface area contributed by atoms with Crippen molar-refractivity contribution in [3.63, 3.8) is 0 Å². The summed E-state index contributed by atoms with van der Waals surface area (Å²) in [5, 5.41) is 5.39. The second-order valence-electron chi connectivity index (χ2n) is 8.83. The zero-order valence-corrected chi connectivity index (χ0v) is 15.6. The highest BCUT2D eigenvalue weighted by atomic mass is 19.4. The number of carbonyl (C=O) groups is 2. The van der Waals surface area contributed by atoms with Crippen LogP contribution < -0.4 is 10.6 Å². The Morgan fingerprint density at radius 2 is 1.64 bits per heavy atom. The minimum absolute atomic E-state index is 0.0361. The molecule has 4 bridgehead atoms. The van der Waals surface area contributed by atoms with Crippen LogP contribution in [-0.4, -0.2) is 18.4 Å². The van der Waals surface area contributed by atoms with E-state index in [0.717, 1.165) is 31.4 Å². The van der Waals surface area contributed by atoms with Gasteiger partial charge in [0.15, 0.2) is 0 Å². The molecular formula is C21H25F3N2O2. The van der Waals surface area contributed by atoms with Gasteiger partial charge in [0.1, 0.15) is 0 Å². The first kappa shape index (κ1) is 19.3. The van der Waals surface area contributed by atoms with Crippen LogP contribution in [0.5, 0.6) is 0 Å². The molecule has 0 heterocycles. The van der Waals surface area contributed by atoms with Gasteiger partial charge in [-0.2, -0.15) is 13.2 Å². The lowest BCUT2D eigenvalue weighted by atomic mass is 9.49. The van der Waals surface area contributed by atoms with E-state index in [1.54, 1.807) is 0 Å². The molecular weight excluding hydrogens is 369 g/mol. The average molecular weight is 394 g/mol. The standard InChI is InChI=1S/C21H25F3N2O2/c22-21(23,24)16-2-1-3-17(9-16)26-18(27)4-5-25-19(28)20-10-13-6-14(11-20)8-15(7-13)12-20/h1-3,9,13-15H,4-8,10-12H2,(H,25,28)(H,26,27). The summed E-state index contributed by atoms with van der Waals surface area (Å²) >= 11 is 0. The number of amides is 2. The highest BCUT2D eigenvalue weighted by Gasteiger charge is 2.54. The summed E-state index contributed by atoms with van der Waals surface area (Å²) in [5.74, 6) is 1.65. The lowest BCUT2D eigenvalue weighted by Crippen LogP contribution is -2.53. The molecule has 4 nitrogen and oxygen atoms in total. The highest BCUT2D eigenvalue weighted by Crippen LogP contribution is 2.60. The molecule has 1 aromatic carbocycles. The van der Waals surface area contributed by atoms with Crippen LogP contribution in [0.1, 0.15) is 50.5 Å². The van der Waals surface area contributed by atoms with Gasteiger partial charge in [0.05, 0.1) is 5.56 Å². The van der Waals surface area contributed by atoms with Gasteiger partial charge in [-0.25, -0.2) is 0 Å². The maximum Gasteiger partial charge on any atom is 0.416 e. The number of benzene rings is 1. The third-order valence-electron chi connectivity index (χ3n) is 6.63. The molecule has 152 valence electrons. The molecule has 28 heavy (non-hydrogen) atoms. The van der Waals surface area contributed by atoms with Gasteiger partial charge in [-0.1, -0.05) is 6.07 Å². The van der Waals surface area contributed by atoms with Gasteiger partial charge < -0.3 is 10.6 Å². The molecule has 4 fully saturated rings. The Morgan fingerprint density at radius 3 is 2.21 bits per heavy atom. The molecule has 7 heteroatoms. The third-order valence-corrected chi connectivity index (χ3v) is 6.63. The smallest absolute Gasteiger partial charge is 0.355 e. The molecule has 0 spiro atoms. The number of nitrogens with one attached hydrogen (secondary N) is 2. The van der Waals surface area contributed by atoms with Crippen LogP contribution in [0.3, 0.4) is 0 Å². The zero-order valence-electron chi connectivity index (χ0n) is 15.6. The lowest BCUT2D eigenvalue weighted by molar-refractivity contribution is -0.146. The zero-order chi connectivity index (χ0) is 19.9. The Balaban J connectivity index is 1.27. The van der Waals surface area contributed by atoms with Gasteiger partial charge >= 0.3 is 6.18 Å². The molecule has 0 radical (unpaired) electrons. The highest BCUT2D eigenvalue weighted by molar-refractivity contribution is 5.91. The Hall–Kier alpha value is -2.05. The van der Waals surface area contributed by atoms with E-state index in [2.05, 4.69) is 10.6 Å². The van der Waals surface area contributed by atoms with Gasteiger partial charge in [0.2, 0.25) is 11.8 Å². The summed E-state index contributed by atoms with van der Waals surface area (Å²) < 4.78 is 38.2. The van der Waals surface area contributed by atoms with Gasteiger partial charge in [-0.15, -0.1) is 0 Å². The van der Waals surface area contributed by atoms with Crippen LogP contribution in [0.2, 0.25) is 0 Å². The van der Waals surface area contributed by atoms with E-state index in [9.17, 15) is 22.8 Å². The fourth-order valence-corrected chi connectivity index (χ4v) is 5.86. The van der Waals surface area contributed by atoms with E-state index in [-0.39, 0.29) is 30.0 Å². The Morgan fingerprint density at radius 1 is 1.04 bits per heavy atom. The van der Waals surface area contributed by atoms with Crippen molar-refractivity contribution in [2.45, 2.75) is 51.1 Å². The maximum atomic E-state index is 12.8. The van der Waals surface area contributed by atoms with Gasteiger partial charge in [0.25, 0.3) is 0 Å². The van der Waals surface area contributed by atoms with E-state index in [1.165, 1.54) is 31.4 Å². The molecule has 1 aromatic rings. The van der Waals surface area contributed by atoms with Crippen LogP contribution in [0, 0.1) is 23.2 Å². The quantitative estimate of drug-likeness (QED) is 0.779. The molecule has 0 unspecified atom stereocenters. The second-order valence-corrected chi connectivity index (χ2v) is 8.83. The minimum atomic E-state index is -4.45. The first-order valence-corrected chi connectivity index (χ1v) is 9.99. The monoisotopic (exact) mass is 394 g/mol. The van der Waals surface area contributed by atoms with E-state index >= 15 is 0 Å². The molecule has 0 aromatic heterocycles. The molecule has 0 saturated heterocycles. The molecule has 0 atom stereocenters. The average Bonchev–Trinajstić information content (AvgIpc) is 2.60. The van der Waals surface area contributed by atoms with Crippen molar-refractivity contribution >= 4 is 17.5 Å². The van der Waals surface area contributed by atoms with Crippen LogP contribution in [0.15, 0.2) is 24.3 Å². The number of alkyl halides is 3. The summed E-state index contributed by atoms with van der Waals surface area (Å²) in [6, 6.07) is 4.54. The van der Waals surface area contributed by atoms with E-state index in [4.69, 9.17) is 0 Å². The van der Waals surface area contributed by atoms with E-state index in [1.807, 2.05) is 0 Å². The number of rotatable bonds is 5. The van der Waals surface area contributed by atoms with Crippen LogP contribution >= 0.6 is 0 Å². The molecule has 2 N–H and O–H groups in total. The predicted octanol–water partition coefficient (Wildman–Crippen LogP) is 4.37. The third kappa shape index (κ3) is 3.89. The van der Waals surface area contributed by atoms with Crippen LogP contribution in [-0.2, 0) is 15.8 Å². The minimum Gasteiger partial charge on any atom is -0.355 e. The van der Waals surface area contributed by atoms with Crippen molar-refractivity contribution in [2.24, 2.45) is 23.2 Å². The second kappa shape index (κ2) is 7.08. The first-order chi connectivity index (χ1) is 13.2. The fourth-order valence-electron chi connectivity index (χ4n) is 5.86. The Labute approximate surface area is 162 Å². The SMILES string of the molecule is O=C(CCNC(=O)C12CC3CC(CC(C3)C1)C2)Nc1cccc(C(F)(F)F)c1. The summed E-state index contributed by atoms with van der Waals surface area (Å²) in [4.78, 5) is 24.9. The molecule has 5 rings (SSSR count). The van der Waals surface area contributed by atoms with Crippen molar-refractivity contribution in [3.05, 3.63) is 29.8 Å². The van der Waals surface area contributed by atoms with Crippen molar-refractivity contribution in [1.29, 1.82) is 0 Å². The molecule has 0 aliphatic heterocycles. The summed E-state index contributed by atoms with van der Waals surface area (Å²) in [6.45, 7) is 0.200. The van der Waals surface area contributed by atoms with Crippen molar-refractivity contribution in [1.82, 2.24) is 5.32 Å². The van der Waals surface area contributed by atoms with Crippen LogP contribution in [0.25, 0.3) is 0 Å². The molecule has 2 amide bonds. The molecule has 4 aliphatic rings. The Kier molecular flexibility index (Phi) is 4.88. The van der Waals surface area contributed by atoms with Gasteiger partial charge in [0, 0.05) is 24.1 Å². The number of carbonyl (C=O) groups excluding carboxylic acids is 2. The topological polar surface area (TPSA) is 58.2 Å². The van der Waals surface area contributed by atoms with Crippen molar-refractivity contribution < 1.29 is 22.8 Å². The van der Waals surface area contributed by atoms with Gasteiger partial charge in [-0.05, 0) is 74.5 Å². The lowest BCUT2D eigenvalue weighted by Gasteiger charge is -2.55. The van der Waals surface area contributed by atoms with Crippen LogP contribution in [0.4, 0.5) is 18.9 Å². The van der Waals surface area contributed by atoms with Crippen molar-refractivity contribution in [2.75, 3.05) is 11.9 Å². The van der Waals surface area contributed by atoms with Gasteiger partial charge in [-0.3, -0.25) is 9.59 Å². The van der Waals surface area contributed by atoms with E-state index < -0.39 is 17.6 Å². The Bertz CT molecular complexity index is 740. The summed E-state index contributed by atoms with van der Waals surface area (Å²) in [5.41, 5.74) is -0.959. The molecule has 4 aliphatic carbocycles. The number of anilines is 1. The summed E-state index contributed by atoms with van der Waals surface area (Å²) in [7, 11) is 0. The largest absolute Gasteiger partial charge is 0.416 e. The maximum absolute atomic E-state index is 12.8. The number of hydrogen-bond acceptors (Lipinski definition) is 2. The number of halogens is 3. The fraction of sp³-hybridized carbons (Fsp3) is 0.619. The number of hydrogen-bond donors (Lipinski definition) is 2. The first-order valence-electron chi connectivity index (χ1n) is 9.99. The summed E-state index contributed by atoms with van der Waals surface area (Å²) in [6.07, 6.45) is 2.23.